The zero-order valence-electron chi connectivity index (χ0n) is 10.6. The number of hydrogen-bond acceptors (Lipinski definition) is 3. The van der Waals surface area contributed by atoms with Crippen LogP contribution in [0.3, 0.4) is 0 Å². The van der Waals surface area contributed by atoms with Crippen molar-refractivity contribution in [3.05, 3.63) is 71.8 Å². The maximum atomic E-state index is 10.0. The first-order valence-corrected chi connectivity index (χ1v) is 7.46. The lowest BCUT2D eigenvalue weighted by atomic mass is 10.1. The van der Waals surface area contributed by atoms with Gasteiger partial charge in [-0.05, 0) is 11.1 Å². The number of aliphatic hydroxyl groups excluding tert-OH is 2. The number of rotatable bonds is 6. The molecule has 0 fully saturated rings. The van der Waals surface area contributed by atoms with Crippen LogP contribution in [0.4, 0.5) is 0 Å². The van der Waals surface area contributed by atoms with Crippen LogP contribution in [0.15, 0.2) is 60.7 Å². The maximum absolute atomic E-state index is 10.0. The summed E-state index contributed by atoms with van der Waals surface area (Å²) >= 11 is 1.56. The molecule has 2 aromatic carbocycles. The highest BCUT2D eigenvalue weighted by molar-refractivity contribution is 7.99. The van der Waals surface area contributed by atoms with E-state index in [0.717, 1.165) is 11.1 Å². The molecule has 0 bridgehead atoms. The predicted octanol–water partition coefficient (Wildman–Crippen LogP) is 3.19. The van der Waals surface area contributed by atoms with E-state index >= 15 is 0 Å². The Hall–Kier alpha value is -1.29. The summed E-state index contributed by atoms with van der Waals surface area (Å²) in [6, 6.07) is 19.2. The van der Waals surface area contributed by atoms with Gasteiger partial charge in [-0.25, -0.2) is 0 Å². The summed E-state index contributed by atoms with van der Waals surface area (Å²) in [6.07, 6.45) is -0.955. The third-order valence-electron chi connectivity index (χ3n) is 2.92. The molecule has 0 aliphatic carbocycles. The lowest BCUT2D eigenvalue weighted by Gasteiger charge is -2.13. The van der Waals surface area contributed by atoms with Gasteiger partial charge in [0.1, 0.15) is 0 Å². The van der Waals surface area contributed by atoms with Crippen LogP contribution >= 0.6 is 11.8 Å². The summed E-state index contributed by atoms with van der Waals surface area (Å²) in [5.41, 5.74) is 1.84. The average Bonchev–Trinajstić information content (AvgIpc) is 2.49. The quantitative estimate of drug-likeness (QED) is 0.850. The fourth-order valence-electron chi connectivity index (χ4n) is 1.83. The highest BCUT2D eigenvalue weighted by atomic mass is 32.2. The SMILES string of the molecule is OC(CSCC(O)c1ccccc1)c1ccccc1. The van der Waals surface area contributed by atoms with E-state index in [1.54, 1.807) is 11.8 Å². The van der Waals surface area contributed by atoms with E-state index in [9.17, 15) is 10.2 Å². The molecule has 0 saturated carbocycles. The summed E-state index contributed by atoms with van der Waals surface area (Å²) in [6.45, 7) is 0. The minimum absolute atomic E-state index is 0.478. The van der Waals surface area contributed by atoms with Crippen molar-refractivity contribution in [2.24, 2.45) is 0 Å². The minimum Gasteiger partial charge on any atom is -0.388 e. The van der Waals surface area contributed by atoms with Gasteiger partial charge in [0.05, 0.1) is 12.2 Å². The van der Waals surface area contributed by atoms with E-state index in [0.29, 0.717) is 11.5 Å². The van der Waals surface area contributed by atoms with Gasteiger partial charge in [0.2, 0.25) is 0 Å². The van der Waals surface area contributed by atoms with E-state index in [4.69, 9.17) is 0 Å². The fraction of sp³-hybridized carbons (Fsp3) is 0.250. The molecule has 2 rings (SSSR count). The third-order valence-corrected chi connectivity index (χ3v) is 4.02. The molecular formula is C16H18O2S. The Kier molecular flexibility index (Phi) is 5.45. The Morgan fingerprint density at radius 3 is 1.42 bits per heavy atom. The molecular weight excluding hydrogens is 256 g/mol. The summed E-state index contributed by atoms with van der Waals surface area (Å²) in [4.78, 5) is 0. The van der Waals surface area contributed by atoms with Crippen molar-refractivity contribution in [3.63, 3.8) is 0 Å². The maximum Gasteiger partial charge on any atom is 0.0880 e. The van der Waals surface area contributed by atoms with Crippen molar-refractivity contribution < 1.29 is 10.2 Å². The molecule has 100 valence electrons. The summed E-state index contributed by atoms with van der Waals surface area (Å²) in [5, 5.41) is 20.0. The van der Waals surface area contributed by atoms with Crippen molar-refractivity contribution in [2.75, 3.05) is 11.5 Å². The molecule has 0 aliphatic heterocycles. The normalized spacial score (nSPS) is 14.0. The topological polar surface area (TPSA) is 40.5 Å². The van der Waals surface area contributed by atoms with E-state index < -0.39 is 12.2 Å². The van der Waals surface area contributed by atoms with Crippen molar-refractivity contribution >= 4 is 11.8 Å². The first kappa shape index (κ1) is 14.1. The molecule has 0 spiro atoms. The van der Waals surface area contributed by atoms with E-state index in [2.05, 4.69) is 0 Å². The van der Waals surface area contributed by atoms with Gasteiger partial charge in [-0.3, -0.25) is 0 Å². The summed E-state index contributed by atoms with van der Waals surface area (Å²) < 4.78 is 0. The van der Waals surface area contributed by atoms with Gasteiger partial charge in [-0.1, -0.05) is 60.7 Å². The number of thioether (sulfide) groups is 1. The van der Waals surface area contributed by atoms with Crippen LogP contribution in [0, 0.1) is 0 Å². The lowest BCUT2D eigenvalue weighted by Crippen LogP contribution is -2.05. The summed E-state index contributed by atoms with van der Waals surface area (Å²) in [7, 11) is 0. The van der Waals surface area contributed by atoms with Crippen molar-refractivity contribution in [2.45, 2.75) is 12.2 Å². The van der Waals surface area contributed by atoms with Crippen LogP contribution in [-0.4, -0.2) is 21.7 Å². The molecule has 2 N–H and O–H groups in total. The lowest BCUT2D eigenvalue weighted by molar-refractivity contribution is 0.198. The Labute approximate surface area is 118 Å². The molecule has 2 nitrogen and oxygen atoms in total. The molecule has 0 heterocycles. The highest BCUT2D eigenvalue weighted by Crippen LogP contribution is 2.22. The first-order valence-electron chi connectivity index (χ1n) is 6.31. The largest absolute Gasteiger partial charge is 0.388 e. The molecule has 19 heavy (non-hydrogen) atoms. The molecule has 0 aromatic heterocycles. The highest BCUT2D eigenvalue weighted by Gasteiger charge is 2.10. The Morgan fingerprint density at radius 2 is 1.05 bits per heavy atom. The van der Waals surface area contributed by atoms with Crippen molar-refractivity contribution in [1.82, 2.24) is 0 Å². The number of hydrogen-bond donors (Lipinski definition) is 2. The van der Waals surface area contributed by atoms with Crippen LogP contribution in [-0.2, 0) is 0 Å². The van der Waals surface area contributed by atoms with Crippen LogP contribution in [0.25, 0.3) is 0 Å². The van der Waals surface area contributed by atoms with Crippen molar-refractivity contribution in [1.29, 1.82) is 0 Å². The van der Waals surface area contributed by atoms with Gasteiger partial charge in [0, 0.05) is 11.5 Å². The van der Waals surface area contributed by atoms with E-state index in [1.807, 2.05) is 60.7 Å². The molecule has 0 aliphatic rings. The zero-order chi connectivity index (χ0) is 13.5. The smallest absolute Gasteiger partial charge is 0.0880 e. The molecule has 0 saturated heterocycles. The molecule has 2 atom stereocenters. The van der Waals surface area contributed by atoms with E-state index in [-0.39, 0.29) is 0 Å². The van der Waals surface area contributed by atoms with Gasteiger partial charge in [-0.15, -0.1) is 0 Å². The second kappa shape index (κ2) is 7.34. The van der Waals surface area contributed by atoms with Gasteiger partial charge >= 0.3 is 0 Å². The predicted molar refractivity (Wildman–Crippen MR) is 80.1 cm³/mol. The Morgan fingerprint density at radius 1 is 0.684 bits per heavy atom. The standard InChI is InChI=1S/C16H18O2S/c17-15(13-7-3-1-4-8-13)11-19-12-16(18)14-9-5-2-6-10-14/h1-10,15-18H,11-12H2. The summed E-state index contributed by atoms with van der Waals surface area (Å²) in [5.74, 6) is 1.18. The van der Waals surface area contributed by atoms with E-state index in [1.165, 1.54) is 0 Å². The van der Waals surface area contributed by atoms with Gasteiger partial charge in [0.15, 0.2) is 0 Å². The van der Waals surface area contributed by atoms with Gasteiger partial charge in [-0.2, -0.15) is 11.8 Å². The first-order chi connectivity index (χ1) is 9.27. The zero-order valence-corrected chi connectivity index (χ0v) is 11.5. The van der Waals surface area contributed by atoms with Crippen LogP contribution < -0.4 is 0 Å². The minimum atomic E-state index is -0.478. The number of benzene rings is 2. The van der Waals surface area contributed by atoms with Crippen molar-refractivity contribution in [3.8, 4) is 0 Å². The Bertz CT molecular complexity index is 427. The van der Waals surface area contributed by atoms with Crippen LogP contribution in [0.5, 0.6) is 0 Å². The van der Waals surface area contributed by atoms with Crippen LogP contribution in [0.2, 0.25) is 0 Å². The fourth-order valence-corrected chi connectivity index (χ4v) is 2.80. The molecule has 0 amide bonds. The second-order valence-corrected chi connectivity index (χ2v) is 5.47. The molecule has 0 radical (unpaired) electrons. The molecule has 2 aromatic rings. The molecule has 3 heteroatoms. The third kappa shape index (κ3) is 4.39. The van der Waals surface area contributed by atoms with Crippen LogP contribution in [0.1, 0.15) is 23.3 Å². The average molecular weight is 274 g/mol. The molecule has 2 unspecified atom stereocenters. The second-order valence-electron chi connectivity index (χ2n) is 4.39. The van der Waals surface area contributed by atoms with Gasteiger partial charge < -0.3 is 10.2 Å². The number of aliphatic hydroxyl groups is 2. The van der Waals surface area contributed by atoms with Gasteiger partial charge in [0.25, 0.3) is 0 Å². The Balaban J connectivity index is 1.78. The monoisotopic (exact) mass is 274 g/mol.